The summed E-state index contributed by atoms with van der Waals surface area (Å²) < 4.78 is 3.61. The highest BCUT2D eigenvalue weighted by Crippen LogP contribution is 2.35. The normalized spacial score (nSPS) is 13.5. The van der Waals surface area contributed by atoms with E-state index in [1.54, 1.807) is 23.0 Å². The summed E-state index contributed by atoms with van der Waals surface area (Å²) in [6, 6.07) is 1.93. The molecule has 3 heterocycles. The molecule has 3 aromatic rings. The third-order valence-corrected chi connectivity index (χ3v) is 7.53. The molecule has 1 aliphatic carbocycles. The molecule has 0 aromatic carbocycles. The minimum Gasteiger partial charge on any atom is -0.351 e. The molecule has 7 heteroatoms. The largest absolute Gasteiger partial charge is 0.351 e. The zero-order valence-corrected chi connectivity index (χ0v) is 17.0. The lowest BCUT2D eigenvalue weighted by Gasteiger charge is -2.07. The Morgan fingerprint density at radius 1 is 1.27 bits per heavy atom. The zero-order valence-electron chi connectivity index (χ0n) is 15.4. The van der Waals surface area contributed by atoms with E-state index in [1.807, 2.05) is 31.5 Å². The maximum Gasteiger partial charge on any atom is 0.262 e. The lowest BCUT2D eigenvalue weighted by Crippen LogP contribution is -2.20. The highest BCUT2D eigenvalue weighted by Gasteiger charge is 2.23. The Morgan fingerprint density at radius 3 is 2.73 bits per heavy atom. The van der Waals surface area contributed by atoms with E-state index in [-0.39, 0.29) is 17.1 Å². The summed E-state index contributed by atoms with van der Waals surface area (Å²) in [6.45, 7) is 3.95. The van der Waals surface area contributed by atoms with Crippen LogP contribution in [0.25, 0.3) is 10.2 Å². The highest BCUT2D eigenvalue weighted by molar-refractivity contribution is 7.99. The molecule has 0 radical (unpaired) electrons. The van der Waals surface area contributed by atoms with Crippen molar-refractivity contribution in [3.63, 3.8) is 0 Å². The van der Waals surface area contributed by atoms with Crippen molar-refractivity contribution in [2.75, 3.05) is 5.75 Å². The van der Waals surface area contributed by atoms with Gasteiger partial charge in [-0.2, -0.15) is 0 Å². The first-order chi connectivity index (χ1) is 12.4. The maximum atomic E-state index is 12.8. The van der Waals surface area contributed by atoms with E-state index in [4.69, 9.17) is 4.98 Å². The van der Waals surface area contributed by atoms with Gasteiger partial charge in [-0.25, -0.2) is 4.98 Å². The summed E-state index contributed by atoms with van der Waals surface area (Å²) in [5, 5.41) is 1.40. The number of hydrogen-bond acceptors (Lipinski definition) is 5. The van der Waals surface area contributed by atoms with Crippen molar-refractivity contribution < 1.29 is 4.79 Å². The molecular weight excluding hydrogens is 366 g/mol. The number of rotatable bonds is 4. The second kappa shape index (κ2) is 6.39. The number of Topliss-reactive ketones (excluding diaryl/α,β-unsaturated/α-hetero) is 1. The Morgan fingerprint density at radius 2 is 2.04 bits per heavy atom. The molecule has 136 valence electrons. The molecule has 0 atom stereocenters. The van der Waals surface area contributed by atoms with E-state index < -0.39 is 0 Å². The maximum absolute atomic E-state index is 12.8. The van der Waals surface area contributed by atoms with E-state index in [0.717, 1.165) is 46.4 Å². The number of carbonyl (C=O) groups is 1. The number of ketones is 1. The fraction of sp³-hybridized carbons (Fsp3) is 0.421. The van der Waals surface area contributed by atoms with Crippen molar-refractivity contribution in [2.45, 2.75) is 38.3 Å². The van der Waals surface area contributed by atoms with Gasteiger partial charge in [0.2, 0.25) is 0 Å². The SMILES string of the molecule is Cc1cc(C(=O)CSc2nc3sc4c(c3c(=O)n2C)CCC4)c(C)n1C. The predicted molar refractivity (Wildman–Crippen MR) is 107 cm³/mol. The van der Waals surface area contributed by atoms with Crippen molar-refractivity contribution in [1.29, 1.82) is 0 Å². The quantitative estimate of drug-likeness (QED) is 0.391. The Balaban J connectivity index is 1.63. The number of aryl methyl sites for hydroxylation is 3. The summed E-state index contributed by atoms with van der Waals surface area (Å²) >= 11 is 2.98. The molecule has 0 saturated heterocycles. The minimum absolute atomic E-state index is 0.0103. The van der Waals surface area contributed by atoms with Gasteiger partial charge >= 0.3 is 0 Å². The number of carbonyl (C=O) groups excluding carboxylic acids is 1. The smallest absolute Gasteiger partial charge is 0.262 e. The van der Waals surface area contributed by atoms with Gasteiger partial charge in [-0.3, -0.25) is 14.2 Å². The number of thiophene rings is 1. The molecule has 1 aliphatic rings. The summed E-state index contributed by atoms with van der Waals surface area (Å²) in [7, 11) is 3.71. The number of fused-ring (bicyclic) bond motifs is 3. The van der Waals surface area contributed by atoms with Crippen molar-refractivity contribution in [2.24, 2.45) is 14.1 Å². The third kappa shape index (κ3) is 2.65. The molecular formula is C19H21N3O2S2. The Bertz CT molecular complexity index is 1100. The van der Waals surface area contributed by atoms with Crippen LogP contribution in [0, 0.1) is 13.8 Å². The van der Waals surface area contributed by atoms with E-state index in [2.05, 4.69) is 0 Å². The first kappa shape index (κ1) is 17.5. The van der Waals surface area contributed by atoms with E-state index in [9.17, 15) is 9.59 Å². The van der Waals surface area contributed by atoms with Crippen LogP contribution in [0.5, 0.6) is 0 Å². The molecule has 0 saturated carbocycles. The van der Waals surface area contributed by atoms with Crippen molar-refractivity contribution in [3.05, 3.63) is 43.8 Å². The molecule has 26 heavy (non-hydrogen) atoms. The Hall–Kier alpha value is -1.86. The third-order valence-electron chi connectivity index (χ3n) is 5.31. The zero-order chi connectivity index (χ0) is 18.6. The van der Waals surface area contributed by atoms with E-state index in [0.29, 0.717) is 5.16 Å². The van der Waals surface area contributed by atoms with Gasteiger partial charge in [0.05, 0.1) is 11.1 Å². The topological polar surface area (TPSA) is 56.9 Å². The number of hydrogen-bond donors (Lipinski definition) is 0. The van der Waals surface area contributed by atoms with Crippen molar-refractivity contribution in [3.8, 4) is 0 Å². The molecule has 0 bridgehead atoms. The Labute approximate surface area is 160 Å². The number of nitrogens with zero attached hydrogens (tertiary/aromatic N) is 3. The highest BCUT2D eigenvalue weighted by atomic mass is 32.2. The summed E-state index contributed by atoms with van der Waals surface area (Å²) in [4.78, 5) is 32.3. The van der Waals surface area contributed by atoms with Crippen LogP contribution in [-0.4, -0.2) is 25.7 Å². The molecule has 5 nitrogen and oxygen atoms in total. The monoisotopic (exact) mass is 387 g/mol. The first-order valence-electron chi connectivity index (χ1n) is 8.68. The molecule has 0 unspecified atom stereocenters. The fourth-order valence-corrected chi connectivity index (χ4v) is 5.74. The molecule has 0 amide bonds. The average Bonchev–Trinajstić information content (AvgIpc) is 3.26. The minimum atomic E-state index is 0.0103. The first-order valence-corrected chi connectivity index (χ1v) is 10.5. The predicted octanol–water partition coefficient (Wildman–Crippen LogP) is 3.41. The Kier molecular flexibility index (Phi) is 4.31. The summed E-state index contributed by atoms with van der Waals surface area (Å²) in [5.41, 5.74) is 3.99. The van der Waals surface area contributed by atoms with Crippen LogP contribution < -0.4 is 5.56 Å². The van der Waals surface area contributed by atoms with Gasteiger partial charge in [0, 0.05) is 35.9 Å². The van der Waals surface area contributed by atoms with Crippen LogP contribution in [0.1, 0.15) is 38.6 Å². The lowest BCUT2D eigenvalue weighted by molar-refractivity contribution is 0.102. The van der Waals surface area contributed by atoms with Gasteiger partial charge in [0.1, 0.15) is 4.83 Å². The van der Waals surface area contributed by atoms with Gasteiger partial charge in [0.25, 0.3) is 5.56 Å². The van der Waals surface area contributed by atoms with Gasteiger partial charge in [-0.05, 0) is 44.7 Å². The van der Waals surface area contributed by atoms with Crippen LogP contribution in [0.2, 0.25) is 0 Å². The van der Waals surface area contributed by atoms with Gasteiger partial charge in [-0.1, -0.05) is 11.8 Å². The average molecular weight is 388 g/mol. The lowest BCUT2D eigenvalue weighted by atomic mass is 10.2. The van der Waals surface area contributed by atoms with Crippen LogP contribution >= 0.6 is 23.1 Å². The van der Waals surface area contributed by atoms with Gasteiger partial charge < -0.3 is 4.57 Å². The van der Waals surface area contributed by atoms with E-state index >= 15 is 0 Å². The number of thioether (sulfide) groups is 1. The van der Waals surface area contributed by atoms with Crippen LogP contribution in [0.15, 0.2) is 16.0 Å². The van der Waals surface area contributed by atoms with Crippen molar-refractivity contribution in [1.82, 2.24) is 14.1 Å². The van der Waals surface area contributed by atoms with Gasteiger partial charge in [0.15, 0.2) is 10.9 Å². The molecule has 0 aliphatic heterocycles. The molecule has 4 rings (SSSR count). The van der Waals surface area contributed by atoms with Crippen LogP contribution in [-0.2, 0) is 26.9 Å². The fourth-order valence-electron chi connectivity index (χ4n) is 3.58. The second-order valence-corrected chi connectivity index (χ2v) is 8.88. The van der Waals surface area contributed by atoms with E-state index in [1.165, 1.54) is 22.2 Å². The van der Waals surface area contributed by atoms with Gasteiger partial charge in [-0.15, -0.1) is 11.3 Å². The van der Waals surface area contributed by atoms with Crippen LogP contribution in [0.4, 0.5) is 0 Å². The van der Waals surface area contributed by atoms with Crippen molar-refractivity contribution >= 4 is 39.1 Å². The molecule has 0 spiro atoms. The van der Waals surface area contributed by atoms with Crippen LogP contribution in [0.3, 0.4) is 0 Å². The summed E-state index contributed by atoms with van der Waals surface area (Å²) in [6.07, 6.45) is 3.15. The standard InChI is InChI=1S/C19H21N3O2S2/c1-10-8-13(11(2)21(10)3)14(23)9-25-19-20-17-16(18(24)22(19)4)12-6-5-7-15(12)26-17/h8H,5-7,9H2,1-4H3. The molecule has 0 N–H and O–H groups in total. The summed E-state index contributed by atoms with van der Waals surface area (Å²) in [5.74, 6) is 0.348. The number of aromatic nitrogens is 3. The second-order valence-electron chi connectivity index (χ2n) is 6.85. The molecule has 0 fully saturated rings. The molecule has 3 aromatic heterocycles.